The molecule has 0 saturated carbocycles. The summed E-state index contributed by atoms with van der Waals surface area (Å²) in [6.45, 7) is 3.55. The highest BCUT2D eigenvalue weighted by Gasteiger charge is 2.28. The number of H-pyrrole nitrogens is 2. The highest BCUT2D eigenvalue weighted by Crippen LogP contribution is 2.22. The molecule has 0 bridgehead atoms. The molecule has 3 heterocycles. The summed E-state index contributed by atoms with van der Waals surface area (Å²) in [4.78, 5) is 25.3. The number of ether oxygens (including phenoxy) is 1. The van der Waals surface area contributed by atoms with Crippen LogP contribution in [0.15, 0.2) is 36.5 Å². The number of morpholine rings is 1. The number of carbonyl (C=O) groups is 1. The number of hydrogen-bond donors (Lipinski definition) is 2. The first-order valence-corrected chi connectivity index (χ1v) is 7.71. The smallest absolute Gasteiger partial charge is 0.270 e. The molecule has 118 valence electrons. The zero-order valence-corrected chi connectivity index (χ0v) is 12.9. The van der Waals surface area contributed by atoms with Crippen LogP contribution >= 0.6 is 0 Å². The lowest BCUT2D eigenvalue weighted by molar-refractivity contribution is -0.0266. The number of aromatic amines is 2. The third-order valence-electron chi connectivity index (χ3n) is 4.14. The number of benzene rings is 1. The molecule has 4 rings (SSSR count). The van der Waals surface area contributed by atoms with Crippen molar-refractivity contribution in [2.24, 2.45) is 0 Å². The average Bonchev–Trinajstić information content (AvgIpc) is 3.20. The highest BCUT2D eigenvalue weighted by molar-refractivity contribution is 5.98. The van der Waals surface area contributed by atoms with Crippen LogP contribution in [0.25, 0.3) is 10.9 Å². The standard InChI is InChI=1S/C17H18N4O2/c1-11-9-18-16(19-11)15-10-21(6-7-23-15)17(22)14-8-12-4-2-3-5-13(12)20-14/h2-5,8-9,15,20H,6-7,10H2,1H3,(H,18,19). The van der Waals surface area contributed by atoms with Crippen molar-refractivity contribution in [3.8, 4) is 0 Å². The molecular formula is C17H18N4O2. The van der Waals surface area contributed by atoms with Gasteiger partial charge in [-0.25, -0.2) is 4.98 Å². The van der Waals surface area contributed by atoms with Crippen LogP contribution < -0.4 is 0 Å². The minimum absolute atomic E-state index is 0.00206. The molecule has 1 atom stereocenters. The van der Waals surface area contributed by atoms with E-state index in [1.807, 2.05) is 42.2 Å². The van der Waals surface area contributed by atoms with Crippen LogP contribution in [0.4, 0.5) is 0 Å². The summed E-state index contributed by atoms with van der Waals surface area (Å²) in [7, 11) is 0. The molecule has 1 fully saturated rings. The van der Waals surface area contributed by atoms with Gasteiger partial charge >= 0.3 is 0 Å². The van der Waals surface area contributed by atoms with Crippen molar-refractivity contribution in [2.45, 2.75) is 13.0 Å². The predicted molar refractivity (Wildman–Crippen MR) is 86.2 cm³/mol. The number of fused-ring (bicyclic) bond motifs is 1. The lowest BCUT2D eigenvalue weighted by atomic mass is 10.2. The number of aromatic nitrogens is 3. The van der Waals surface area contributed by atoms with Gasteiger partial charge in [-0.1, -0.05) is 18.2 Å². The number of aryl methyl sites for hydroxylation is 1. The predicted octanol–water partition coefficient (Wildman–Crippen LogP) is 2.41. The molecule has 1 aromatic carbocycles. The van der Waals surface area contributed by atoms with Gasteiger partial charge in [-0.3, -0.25) is 4.79 Å². The van der Waals surface area contributed by atoms with E-state index in [1.165, 1.54) is 0 Å². The maximum Gasteiger partial charge on any atom is 0.270 e. The van der Waals surface area contributed by atoms with Crippen molar-refractivity contribution in [1.29, 1.82) is 0 Å². The van der Waals surface area contributed by atoms with Crippen LogP contribution in [-0.2, 0) is 4.74 Å². The van der Waals surface area contributed by atoms with E-state index in [9.17, 15) is 4.79 Å². The van der Waals surface area contributed by atoms with E-state index in [2.05, 4.69) is 15.0 Å². The van der Waals surface area contributed by atoms with E-state index in [1.54, 1.807) is 6.20 Å². The fraction of sp³-hybridized carbons (Fsp3) is 0.294. The minimum Gasteiger partial charge on any atom is -0.367 e. The van der Waals surface area contributed by atoms with Gasteiger partial charge in [-0.05, 0) is 19.1 Å². The second-order valence-electron chi connectivity index (χ2n) is 5.83. The first-order valence-electron chi connectivity index (χ1n) is 7.71. The number of rotatable bonds is 2. The molecular weight excluding hydrogens is 292 g/mol. The number of hydrogen-bond acceptors (Lipinski definition) is 3. The number of carbonyl (C=O) groups excluding carboxylic acids is 1. The molecule has 1 aliphatic heterocycles. The Morgan fingerprint density at radius 1 is 1.35 bits per heavy atom. The van der Waals surface area contributed by atoms with Crippen LogP contribution in [0.5, 0.6) is 0 Å². The molecule has 1 amide bonds. The van der Waals surface area contributed by atoms with Crippen LogP contribution in [0.2, 0.25) is 0 Å². The number of nitrogens with zero attached hydrogens (tertiary/aromatic N) is 2. The Kier molecular flexibility index (Phi) is 3.38. The monoisotopic (exact) mass is 310 g/mol. The van der Waals surface area contributed by atoms with Gasteiger partial charge in [0.25, 0.3) is 5.91 Å². The van der Waals surface area contributed by atoms with Crippen LogP contribution in [0.1, 0.15) is 28.1 Å². The maximum atomic E-state index is 12.8. The second-order valence-corrected chi connectivity index (χ2v) is 5.83. The molecule has 2 N–H and O–H groups in total. The van der Waals surface area contributed by atoms with E-state index in [-0.39, 0.29) is 12.0 Å². The van der Waals surface area contributed by atoms with Gasteiger partial charge < -0.3 is 19.6 Å². The van der Waals surface area contributed by atoms with Crippen LogP contribution in [-0.4, -0.2) is 45.5 Å². The van der Waals surface area contributed by atoms with Crippen molar-refractivity contribution in [2.75, 3.05) is 19.7 Å². The fourth-order valence-electron chi connectivity index (χ4n) is 2.95. The SMILES string of the molecule is Cc1cnc(C2CN(C(=O)c3cc4ccccc4[nH]3)CCO2)[nH]1. The summed E-state index contributed by atoms with van der Waals surface area (Å²) < 4.78 is 5.75. The van der Waals surface area contributed by atoms with Gasteiger partial charge in [0.05, 0.1) is 13.2 Å². The minimum atomic E-state index is -0.203. The highest BCUT2D eigenvalue weighted by atomic mass is 16.5. The summed E-state index contributed by atoms with van der Waals surface area (Å²) >= 11 is 0. The van der Waals surface area contributed by atoms with Crippen molar-refractivity contribution in [3.63, 3.8) is 0 Å². The van der Waals surface area contributed by atoms with Gasteiger partial charge in [0.15, 0.2) is 0 Å². The first-order chi connectivity index (χ1) is 11.2. The number of imidazole rings is 1. The third kappa shape index (κ3) is 2.61. The molecule has 1 saturated heterocycles. The van der Waals surface area contributed by atoms with Gasteiger partial charge in [0.1, 0.15) is 17.6 Å². The average molecular weight is 310 g/mol. The Bertz CT molecular complexity index is 818. The van der Waals surface area contributed by atoms with Crippen molar-refractivity contribution in [1.82, 2.24) is 19.9 Å². The normalized spacial score (nSPS) is 18.5. The van der Waals surface area contributed by atoms with E-state index in [0.29, 0.717) is 25.4 Å². The van der Waals surface area contributed by atoms with Gasteiger partial charge in [0, 0.05) is 29.3 Å². The van der Waals surface area contributed by atoms with Crippen molar-refractivity contribution >= 4 is 16.8 Å². The van der Waals surface area contributed by atoms with Crippen LogP contribution in [0.3, 0.4) is 0 Å². The number of amides is 1. The first kappa shape index (κ1) is 14.0. The Morgan fingerprint density at radius 3 is 3.00 bits per heavy atom. The molecule has 0 aliphatic carbocycles. The fourth-order valence-corrected chi connectivity index (χ4v) is 2.95. The summed E-state index contributed by atoms with van der Waals surface area (Å²) in [6, 6.07) is 9.79. The van der Waals surface area contributed by atoms with Gasteiger partial charge in [-0.15, -0.1) is 0 Å². The zero-order valence-electron chi connectivity index (χ0n) is 12.9. The van der Waals surface area contributed by atoms with Crippen molar-refractivity contribution < 1.29 is 9.53 Å². The molecule has 6 nitrogen and oxygen atoms in total. The van der Waals surface area contributed by atoms with E-state index < -0.39 is 0 Å². The molecule has 3 aromatic rings. The molecule has 0 radical (unpaired) electrons. The Labute approximate surface area is 133 Å². The molecule has 1 aliphatic rings. The van der Waals surface area contributed by atoms with Gasteiger partial charge in [0.2, 0.25) is 0 Å². The molecule has 23 heavy (non-hydrogen) atoms. The van der Waals surface area contributed by atoms with E-state index in [4.69, 9.17) is 4.74 Å². The Morgan fingerprint density at radius 2 is 2.22 bits per heavy atom. The lowest BCUT2D eigenvalue weighted by Crippen LogP contribution is -2.42. The third-order valence-corrected chi connectivity index (χ3v) is 4.14. The number of nitrogens with one attached hydrogen (secondary N) is 2. The van der Waals surface area contributed by atoms with E-state index >= 15 is 0 Å². The summed E-state index contributed by atoms with van der Waals surface area (Å²) in [5.41, 5.74) is 2.58. The zero-order chi connectivity index (χ0) is 15.8. The summed E-state index contributed by atoms with van der Waals surface area (Å²) in [5, 5.41) is 1.04. The Balaban J connectivity index is 1.55. The van der Waals surface area contributed by atoms with Crippen molar-refractivity contribution in [3.05, 3.63) is 53.7 Å². The topological polar surface area (TPSA) is 74.0 Å². The van der Waals surface area contributed by atoms with E-state index in [0.717, 1.165) is 22.4 Å². The maximum absolute atomic E-state index is 12.8. The molecule has 1 unspecified atom stereocenters. The van der Waals surface area contributed by atoms with Crippen LogP contribution in [0, 0.1) is 6.92 Å². The molecule has 2 aromatic heterocycles. The lowest BCUT2D eigenvalue weighted by Gasteiger charge is -2.31. The Hall–Kier alpha value is -2.60. The largest absolute Gasteiger partial charge is 0.367 e. The summed E-state index contributed by atoms with van der Waals surface area (Å²) in [6.07, 6.45) is 1.57. The second kappa shape index (κ2) is 5.55. The number of para-hydroxylation sites is 1. The quantitative estimate of drug-likeness (QED) is 0.763. The summed E-state index contributed by atoms with van der Waals surface area (Å²) in [5.74, 6) is 0.773. The van der Waals surface area contributed by atoms with Gasteiger partial charge in [-0.2, -0.15) is 0 Å². The molecule has 0 spiro atoms. The molecule has 6 heteroatoms.